The quantitative estimate of drug-likeness (QED) is 0.709. The van der Waals surface area contributed by atoms with E-state index in [2.05, 4.69) is 11.8 Å². The van der Waals surface area contributed by atoms with Crippen molar-refractivity contribution in [2.24, 2.45) is 5.92 Å². The minimum Gasteiger partial charge on any atom is -0.496 e. The van der Waals surface area contributed by atoms with Crippen molar-refractivity contribution in [3.8, 4) is 11.5 Å². The van der Waals surface area contributed by atoms with Crippen LogP contribution in [0, 0.1) is 5.92 Å². The third-order valence-corrected chi connectivity index (χ3v) is 5.74. The fraction of sp³-hybridized carbons (Fsp3) is 0.333. The Morgan fingerprint density at radius 2 is 1.57 bits per heavy atom. The van der Waals surface area contributed by atoms with Crippen molar-refractivity contribution in [3.63, 3.8) is 0 Å². The minimum atomic E-state index is -0.359. The normalized spacial score (nSPS) is 19.5. The molecule has 2 aliphatic rings. The van der Waals surface area contributed by atoms with Gasteiger partial charge in [0.15, 0.2) is 0 Å². The summed E-state index contributed by atoms with van der Waals surface area (Å²) in [6, 6.07) is 14.4. The highest BCUT2D eigenvalue weighted by molar-refractivity contribution is 6.46. The van der Waals surface area contributed by atoms with Crippen LogP contribution in [0.3, 0.4) is 0 Å². The predicted molar refractivity (Wildman–Crippen MR) is 115 cm³/mol. The molecule has 6 heteroatoms. The van der Waals surface area contributed by atoms with E-state index in [0.29, 0.717) is 39.9 Å². The maximum absolute atomic E-state index is 13.7. The van der Waals surface area contributed by atoms with Gasteiger partial charge in [-0.2, -0.15) is 0 Å². The van der Waals surface area contributed by atoms with Gasteiger partial charge in [0.05, 0.1) is 25.5 Å². The summed E-state index contributed by atoms with van der Waals surface area (Å²) in [6.45, 7) is 3.67. The second-order valence-electron chi connectivity index (χ2n) is 7.73. The molecule has 2 amide bonds. The second kappa shape index (κ2) is 8.22. The zero-order valence-electron chi connectivity index (χ0n) is 17.6. The zero-order chi connectivity index (χ0) is 21.3. The molecule has 0 aliphatic carbocycles. The number of carbonyl (C=O) groups is 2. The summed E-state index contributed by atoms with van der Waals surface area (Å²) in [6.07, 6.45) is 2.10. The number of methoxy groups -OCH3 is 2. The number of rotatable bonds is 5. The molecule has 1 unspecified atom stereocenters. The van der Waals surface area contributed by atoms with Crippen LogP contribution >= 0.6 is 0 Å². The van der Waals surface area contributed by atoms with E-state index in [9.17, 15) is 9.59 Å². The lowest BCUT2D eigenvalue weighted by Gasteiger charge is -2.33. The maximum atomic E-state index is 13.7. The highest BCUT2D eigenvalue weighted by Gasteiger charge is 2.44. The van der Waals surface area contributed by atoms with E-state index in [-0.39, 0.29) is 11.8 Å². The Bertz CT molecular complexity index is 1010. The lowest BCUT2D eigenvalue weighted by Crippen LogP contribution is -2.39. The first-order valence-electron chi connectivity index (χ1n) is 10.2. The third kappa shape index (κ3) is 3.32. The lowest BCUT2D eigenvalue weighted by atomic mass is 9.97. The standard InChI is InChI=1S/C24H26N2O4/c1-16-9-8-14-25(15-16)22-21(17-10-4-6-12-19(17)29-2)23(27)26(24(22)28)18-11-5-7-13-20(18)30-3/h4-7,10-13,16H,8-9,14-15H2,1-3H3. The number of amides is 2. The van der Waals surface area contributed by atoms with Crippen molar-refractivity contribution in [1.29, 1.82) is 0 Å². The van der Waals surface area contributed by atoms with Crippen LogP contribution in [-0.2, 0) is 9.59 Å². The van der Waals surface area contributed by atoms with E-state index in [1.54, 1.807) is 25.3 Å². The van der Waals surface area contributed by atoms with Crippen LogP contribution in [0.4, 0.5) is 5.69 Å². The first-order valence-corrected chi connectivity index (χ1v) is 10.2. The number of ether oxygens (including phenoxy) is 2. The van der Waals surface area contributed by atoms with Crippen molar-refractivity contribution in [2.45, 2.75) is 19.8 Å². The summed E-state index contributed by atoms with van der Waals surface area (Å²) in [5, 5.41) is 0. The molecule has 2 heterocycles. The van der Waals surface area contributed by atoms with Crippen LogP contribution in [-0.4, -0.2) is 44.0 Å². The van der Waals surface area contributed by atoms with E-state index in [1.807, 2.05) is 30.3 Å². The first kappa shape index (κ1) is 20.0. The number of imide groups is 1. The van der Waals surface area contributed by atoms with Gasteiger partial charge in [-0.25, -0.2) is 4.90 Å². The van der Waals surface area contributed by atoms with Gasteiger partial charge in [0.25, 0.3) is 11.8 Å². The molecule has 1 atom stereocenters. The summed E-state index contributed by atoms with van der Waals surface area (Å²) in [7, 11) is 3.10. The number of anilines is 1. The second-order valence-corrected chi connectivity index (χ2v) is 7.73. The van der Waals surface area contributed by atoms with Crippen LogP contribution < -0.4 is 14.4 Å². The Kier molecular flexibility index (Phi) is 5.48. The number of nitrogens with zero attached hydrogens (tertiary/aromatic N) is 2. The fourth-order valence-corrected chi connectivity index (χ4v) is 4.33. The van der Waals surface area contributed by atoms with Gasteiger partial charge in [0, 0.05) is 18.7 Å². The molecule has 0 spiro atoms. The van der Waals surface area contributed by atoms with Gasteiger partial charge in [-0.15, -0.1) is 0 Å². The fourth-order valence-electron chi connectivity index (χ4n) is 4.33. The Hall–Kier alpha value is -3.28. The summed E-state index contributed by atoms with van der Waals surface area (Å²) in [4.78, 5) is 30.7. The molecule has 2 aromatic rings. The van der Waals surface area contributed by atoms with Gasteiger partial charge in [-0.1, -0.05) is 37.3 Å². The molecular formula is C24H26N2O4. The van der Waals surface area contributed by atoms with Gasteiger partial charge in [0.2, 0.25) is 0 Å². The van der Waals surface area contributed by atoms with E-state index in [0.717, 1.165) is 25.9 Å². The number of carbonyl (C=O) groups excluding carboxylic acids is 2. The molecule has 1 saturated heterocycles. The lowest BCUT2D eigenvalue weighted by molar-refractivity contribution is -0.120. The van der Waals surface area contributed by atoms with Crippen molar-refractivity contribution in [3.05, 3.63) is 59.8 Å². The van der Waals surface area contributed by atoms with Crippen LogP contribution in [0.15, 0.2) is 54.2 Å². The number of piperidine rings is 1. The number of para-hydroxylation sites is 3. The van der Waals surface area contributed by atoms with Crippen molar-refractivity contribution < 1.29 is 19.1 Å². The van der Waals surface area contributed by atoms with E-state index in [1.165, 1.54) is 12.0 Å². The number of benzene rings is 2. The maximum Gasteiger partial charge on any atom is 0.282 e. The molecule has 0 saturated carbocycles. The summed E-state index contributed by atoms with van der Waals surface area (Å²) >= 11 is 0. The average molecular weight is 406 g/mol. The molecule has 4 rings (SSSR count). The van der Waals surface area contributed by atoms with Crippen molar-refractivity contribution in [2.75, 3.05) is 32.2 Å². The molecule has 2 aromatic carbocycles. The van der Waals surface area contributed by atoms with Crippen LogP contribution in [0.1, 0.15) is 25.3 Å². The van der Waals surface area contributed by atoms with Gasteiger partial charge in [-0.3, -0.25) is 9.59 Å². The zero-order valence-corrected chi connectivity index (χ0v) is 17.6. The summed E-state index contributed by atoms with van der Waals surface area (Å²) < 4.78 is 11.0. The predicted octanol–water partition coefficient (Wildman–Crippen LogP) is 3.72. The van der Waals surface area contributed by atoms with Crippen molar-refractivity contribution >= 4 is 23.1 Å². The monoisotopic (exact) mass is 406 g/mol. The Morgan fingerprint density at radius 1 is 0.900 bits per heavy atom. The highest BCUT2D eigenvalue weighted by Crippen LogP contribution is 2.41. The summed E-state index contributed by atoms with van der Waals surface area (Å²) in [5.41, 5.74) is 1.91. The molecule has 2 aliphatic heterocycles. The average Bonchev–Trinajstić information content (AvgIpc) is 3.03. The van der Waals surface area contributed by atoms with E-state index < -0.39 is 0 Å². The molecule has 1 fully saturated rings. The number of likely N-dealkylation sites (tertiary alicyclic amines) is 1. The van der Waals surface area contributed by atoms with E-state index >= 15 is 0 Å². The van der Waals surface area contributed by atoms with Gasteiger partial charge in [0.1, 0.15) is 17.2 Å². The van der Waals surface area contributed by atoms with Crippen LogP contribution in [0.25, 0.3) is 5.57 Å². The molecule has 6 nitrogen and oxygen atoms in total. The Morgan fingerprint density at radius 3 is 2.27 bits per heavy atom. The molecule has 0 bridgehead atoms. The largest absolute Gasteiger partial charge is 0.496 e. The number of hydrogen-bond acceptors (Lipinski definition) is 5. The highest BCUT2D eigenvalue weighted by atomic mass is 16.5. The molecule has 0 radical (unpaired) electrons. The Labute approximate surface area is 176 Å². The minimum absolute atomic E-state index is 0.320. The van der Waals surface area contributed by atoms with Crippen LogP contribution in [0.5, 0.6) is 11.5 Å². The molecule has 156 valence electrons. The smallest absolute Gasteiger partial charge is 0.282 e. The van der Waals surface area contributed by atoms with E-state index in [4.69, 9.17) is 9.47 Å². The third-order valence-electron chi connectivity index (χ3n) is 5.74. The van der Waals surface area contributed by atoms with Gasteiger partial charge >= 0.3 is 0 Å². The summed E-state index contributed by atoms with van der Waals surface area (Å²) in [5.74, 6) is 0.819. The van der Waals surface area contributed by atoms with Crippen molar-refractivity contribution in [1.82, 2.24) is 4.90 Å². The molecule has 30 heavy (non-hydrogen) atoms. The van der Waals surface area contributed by atoms with Crippen LogP contribution in [0.2, 0.25) is 0 Å². The molecule has 0 N–H and O–H groups in total. The van der Waals surface area contributed by atoms with Gasteiger partial charge in [-0.05, 0) is 37.0 Å². The first-order chi connectivity index (χ1) is 14.6. The topological polar surface area (TPSA) is 59.1 Å². The van der Waals surface area contributed by atoms with Gasteiger partial charge < -0.3 is 14.4 Å². The molecule has 0 aromatic heterocycles. The molecular weight excluding hydrogens is 380 g/mol. The number of hydrogen-bond donors (Lipinski definition) is 0. The SMILES string of the molecule is COc1ccccc1C1=C(N2CCCC(C)C2)C(=O)N(c2ccccc2OC)C1=O. The Balaban J connectivity index is 1.89.